The second-order valence-corrected chi connectivity index (χ2v) is 9.18. The standard InChI is InChI=1S/C26H30N2O6/c1-16(2)22(23(29)28-26(24(30)31)11-13-33-14-12-26)27-25(32)34-15-21-19-9-5-3-7-17(19)18-8-4-6-10-20(18)21/h3-10,16,21-22H,11-15H2,1-2H3,(H,27,32)(H,28,29)(H,30,31)/t22-/m1/s1. The van der Waals surface area contributed by atoms with E-state index in [1.54, 1.807) is 13.8 Å². The molecule has 8 heteroatoms. The zero-order valence-corrected chi connectivity index (χ0v) is 19.4. The van der Waals surface area contributed by atoms with Crippen molar-refractivity contribution < 1.29 is 29.0 Å². The summed E-state index contributed by atoms with van der Waals surface area (Å²) in [6, 6.07) is 15.1. The van der Waals surface area contributed by atoms with Crippen molar-refractivity contribution in [2.24, 2.45) is 5.92 Å². The molecule has 0 aromatic heterocycles. The molecular weight excluding hydrogens is 436 g/mol. The molecule has 0 saturated carbocycles. The number of carboxylic acids is 1. The van der Waals surface area contributed by atoms with Gasteiger partial charge in [-0.15, -0.1) is 0 Å². The highest BCUT2D eigenvalue weighted by molar-refractivity contribution is 5.91. The van der Waals surface area contributed by atoms with Gasteiger partial charge in [0, 0.05) is 32.0 Å². The molecule has 1 saturated heterocycles. The van der Waals surface area contributed by atoms with E-state index in [-0.39, 0.29) is 44.5 Å². The highest BCUT2D eigenvalue weighted by Crippen LogP contribution is 2.44. The van der Waals surface area contributed by atoms with Gasteiger partial charge in [-0.25, -0.2) is 9.59 Å². The van der Waals surface area contributed by atoms with Gasteiger partial charge in [-0.2, -0.15) is 0 Å². The van der Waals surface area contributed by atoms with Gasteiger partial charge in [-0.1, -0.05) is 62.4 Å². The summed E-state index contributed by atoms with van der Waals surface area (Å²) in [7, 11) is 0. The molecule has 1 heterocycles. The third kappa shape index (κ3) is 4.63. The Bertz CT molecular complexity index is 1030. The number of alkyl carbamates (subject to hydrolysis) is 1. The number of hydrogen-bond donors (Lipinski definition) is 3. The van der Waals surface area contributed by atoms with Crippen LogP contribution in [0.5, 0.6) is 0 Å². The molecule has 180 valence electrons. The van der Waals surface area contributed by atoms with Crippen LogP contribution in [0, 0.1) is 5.92 Å². The Hall–Kier alpha value is -3.39. The summed E-state index contributed by atoms with van der Waals surface area (Å²) in [4.78, 5) is 37.6. The number of ether oxygens (including phenoxy) is 2. The van der Waals surface area contributed by atoms with Crippen LogP contribution in [-0.2, 0) is 19.1 Å². The van der Waals surface area contributed by atoms with E-state index < -0.39 is 29.6 Å². The van der Waals surface area contributed by atoms with E-state index >= 15 is 0 Å². The molecule has 1 aliphatic carbocycles. The van der Waals surface area contributed by atoms with Crippen LogP contribution >= 0.6 is 0 Å². The Kier molecular flexibility index (Phi) is 6.88. The normalized spacial score (nSPS) is 17.4. The maximum atomic E-state index is 13.0. The number of carbonyl (C=O) groups excluding carboxylic acids is 2. The number of benzene rings is 2. The first-order chi connectivity index (χ1) is 16.3. The minimum Gasteiger partial charge on any atom is -0.480 e. The van der Waals surface area contributed by atoms with Crippen LogP contribution in [0.3, 0.4) is 0 Å². The minimum absolute atomic E-state index is 0.0954. The molecule has 8 nitrogen and oxygen atoms in total. The lowest BCUT2D eigenvalue weighted by Crippen LogP contribution is -2.62. The topological polar surface area (TPSA) is 114 Å². The van der Waals surface area contributed by atoms with E-state index in [0.29, 0.717) is 0 Å². The van der Waals surface area contributed by atoms with Crippen molar-refractivity contribution in [1.29, 1.82) is 0 Å². The summed E-state index contributed by atoms with van der Waals surface area (Å²) in [5.41, 5.74) is 3.05. The molecule has 1 aliphatic heterocycles. The van der Waals surface area contributed by atoms with Crippen LogP contribution in [0.2, 0.25) is 0 Å². The minimum atomic E-state index is -1.40. The molecule has 34 heavy (non-hydrogen) atoms. The van der Waals surface area contributed by atoms with Gasteiger partial charge in [0.2, 0.25) is 5.91 Å². The van der Waals surface area contributed by atoms with Crippen molar-refractivity contribution in [2.75, 3.05) is 19.8 Å². The molecule has 3 N–H and O–H groups in total. The zero-order valence-electron chi connectivity index (χ0n) is 19.4. The van der Waals surface area contributed by atoms with Crippen molar-refractivity contribution in [1.82, 2.24) is 10.6 Å². The SMILES string of the molecule is CC(C)[C@@H](NC(=O)OCC1c2ccccc2-c2ccccc21)C(=O)NC1(C(=O)O)CCOCC1. The fraction of sp³-hybridized carbons (Fsp3) is 0.423. The van der Waals surface area contributed by atoms with Gasteiger partial charge in [-0.3, -0.25) is 4.79 Å². The van der Waals surface area contributed by atoms with Crippen LogP contribution in [0.4, 0.5) is 4.79 Å². The van der Waals surface area contributed by atoms with Crippen molar-refractivity contribution >= 4 is 18.0 Å². The van der Waals surface area contributed by atoms with Gasteiger partial charge in [0.15, 0.2) is 0 Å². The van der Waals surface area contributed by atoms with Gasteiger partial charge in [0.1, 0.15) is 18.2 Å². The van der Waals surface area contributed by atoms with E-state index in [2.05, 4.69) is 22.8 Å². The highest BCUT2D eigenvalue weighted by atomic mass is 16.5. The average Bonchev–Trinajstić information content (AvgIpc) is 3.15. The summed E-state index contributed by atoms with van der Waals surface area (Å²) >= 11 is 0. The summed E-state index contributed by atoms with van der Waals surface area (Å²) in [5, 5.41) is 15.0. The maximum absolute atomic E-state index is 13.0. The van der Waals surface area contributed by atoms with Crippen molar-refractivity contribution in [3.63, 3.8) is 0 Å². The van der Waals surface area contributed by atoms with Gasteiger partial charge in [0.25, 0.3) is 0 Å². The number of amides is 2. The number of hydrogen-bond acceptors (Lipinski definition) is 5. The number of nitrogens with one attached hydrogen (secondary N) is 2. The van der Waals surface area contributed by atoms with E-state index in [1.807, 2.05) is 36.4 Å². The lowest BCUT2D eigenvalue weighted by molar-refractivity contribution is -0.152. The van der Waals surface area contributed by atoms with Crippen molar-refractivity contribution in [3.05, 3.63) is 59.7 Å². The maximum Gasteiger partial charge on any atom is 0.407 e. The monoisotopic (exact) mass is 466 g/mol. The Morgan fingerprint density at radius 1 is 1.03 bits per heavy atom. The van der Waals surface area contributed by atoms with Gasteiger partial charge in [0.05, 0.1) is 0 Å². The molecule has 0 radical (unpaired) electrons. The molecule has 0 unspecified atom stereocenters. The fourth-order valence-corrected chi connectivity index (χ4v) is 4.73. The third-order valence-corrected chi connectivity index (χ3v) is 6.68. The highest BCUT2D eigenvalue weighted by Gasteiger charge is 2.43. The number of rotatable bonds is 7. The number of carbonyl (C=O) groups is 3. The molecule has 2 amide bonds. The lowest BCUT2D eigenvalue weighted by atomic mass is 9.89. The van der Waals surface area contributed by atoms with Crippen LogP contribution in [0.1, 0.15) is 43.7 Å². The summed E-state index contributed by atoms with van der Waals surface area (Å²) in [6.45, 7) is 4.19. The summed E-state index contributed by atoms with van der Waals surface area (Å²) in [6.07, 6.45) is -0.375. The molecule has 4 rings (SSSR count). The predicted octanol–water partition coefficient (Wildman–Crippen LogP) is 3.30. The fourth-order valence-electron chi connectivity index (χ4n) is 4.73. The molecule has 2 aromatic rings. The van der Waals surface area contributed by atoms with Crippen LogP contribution in [0.25, 0.3) is 11.1 Å². The van der Waals surface area contributed by atoms with Crippen LogP contribution < -0.4 is 10.6 Å². The molecule has 0 bridgehead atoms. The second kappa shape index (κ2) is 9.85. The zero-order chi connectivity index (χ0) is 24.3. The largest absolute Gasteiger partial charge is 0.480 e. The van der Waals surface area contributed by atoms with Crippen LogP contribution in [-0.4, -0.2) is 54.5 Å². The molecule has 1 fully saturated rings. The van der Waals surface area contributed by atoms with Crippen LogP contribution in [0.15, 0.2) is 48.5 Å². The summed E-state index contributed by atoms with van der Waals surface area (Å²) < 4.78 is 10.8. The number of fused-ring (bicyclic) bond motifs is 3. The van der Waals surface area contributed by atoms with E-state index in [1.165, 1.54) is 0 Å². The number of carboxylic acid groups (broad SMARTS) is 1. The molecular formula is C26H30N2O6. The van der Waals surface area contributed by atoms with E-state index in [4.69, 9.17) is 9.47 Å². The van der Waals surface area contributed by atoms with E-state index in [0.717, 1.165) is 22.3 Å². The Morgan fingerprint density at radius 2 is 1.59 bits per heavy atom. The average molecular weight is 467 g/mol. The Labute approximate surface area is 198 Å². The van der Waals surface area contributed by atoms with Crippen molar-refractivity contribution in [2.45, 2.75) is 44.2 Å². The third-order valence-electron chi connectivity index (χ3n) is 6.68. The first kappa shape index (κ1) is 23.8. The Morgan fingerprint density at radius 3 is 2.12 bits per heavy atom. The van der Waals surface area contributed by atoms with Gasteiger partial charge >= 0.3 is 12.1 Å². The molecule has 2 aliphatic rings. The van der Waals surface area contributed by atoms with Crippen molar-refractivity contribution in [3.8, 4) is 11.1 Å². The first-order valence-corrected chi connectivity index (χ1v) is 11.6. The number of aliphatic carboxylic acids is 1. The first-order valence-electron chi connectivity index (χ1n) is 11.6. The quantitative estimate of drug-likeness (QED) is 0.577. The molecule has 1 atom stereocenters. The van der Waals surface area contributed by atoms with Gasteiger partial charge < -0.3 is 25.2 Å². The van der Waals surface area contributed by atoms with Gasteiger partial charge in [-0.05, 0) is 28.2 Å². The van der Waals surface area contributed by atoms with E-state index in [9.17, 15) is 19.5 Å². The Balaban J connectivity index is 1.42. The second-order valence-electron chi connectivity index (χ2n) is 9.18. The summed E-state index contributed by atoms with van der Waals surface area (Å²) in [5.74, 6) is -2.02. The molecule has 0 spiro atoms. The smallest absolute Gasteiger partial charge is 0.407 e. The predicted molar refractivity (Wildman–Crippen MR) is 125 cm³/mol. The lowest BCUT2D eigenvalue weighted by Gasteiger charge is -2.35. The molecule has 2 aromatic carbocycles.